The summed E-state index contributed by atoms with van der Waals surface area (Å²) in [5.41, 5.74) is 0.877. The van der Waals surface area contributed by atoms with Gasteiger partial charge in [0, 0.05) is 0 Å². The van der Waals surface area contributed by atoms with Crippen molar-refractivity contribution < 1.29 is 14.6 Å². The zero-order valence-electron chi connectivity index (χ0n) is 7.88. The SMILES string of the molecule is O=C(O)Oc1nc(Br)sc1-c1ccccc1. The number of aromatic nitrogens is 1. The highest BCUT2D eigenvalue weighted by Crippen LogP contribution is 2.37. The van der Waals surface area contributed by atoms with Crippen LogP contribution in [0.4, 0.5) is 4.79 Å². The number of thiazole rings is 1. The Morgan fingerprint density at radius 3 is 2.69 bits per heavy atom. The van der Waals surface area contributed by atoms with Crippen LogP contribution in [0.3, 0.4) is 0 Å². The molecule has 0 unspecified atom stereocenters. The van der Waals surface area contributed by atoms with E-state index in [2.05, 4.69) is 25.7 Å². The number of benzene rings is 1. The van der Waals surface area contributed by atoms with Gasteiger partial charge in [0.15, 0.2) is 3.92 Å². The number of carboxylic acid groups (broad SMARTS) is 1. The minimum Gasteiger partial charge on any atom is -0.449 e. The number of rotatable bonds is 2. The van der Waals surface area contributed by atoms with Crippen molar-refractivity contribution in [3.8, 4) is 16.3 Å². The van der Waals surface area contributed by atoms with Gasteiger partial charge in [-0.05, 0) is 21.5 Å². The average Bonchev–Trinajstić information content (AvgIpc) is 2.60. The van der Waals surface area contributed by atoms with E-state index in [0.717, 1.165) is 5.56 Å². The van der Waals surface area contributed by atoms with E-state index in [-0.39, 0.29) is 5.88 Å². The van der Waals surface area contributed by atoms with Crippen LogP contribution in [0.1, 0.15) is 0 Å². The van der Waals surface area contributed by atoms with Crippen molar-refractivity contribution in [2.45, 2.75) is 0 Å². The first-order chi connectivity index (χ1) is 7.66. The van der Waals surface area contributed by atoms with Crippen LogP contribution >= 0.6 is 27.3 Å². The van der Waals surface area contributed by atoms with Crippen LogP contribution in [0.15, 0.2) is 34.2 Å². The Morgan fingerprint density at radius 2 is 2.06 bits per heavy atom. The smallest absolute Gasteiger partial charge is 0.449 e. The summed E-state index contributed by atoms with van der Waals surface area (Å²) < 4.78 is 5.19. The molecule has 0 aliphatic heterocycles. The third-order valence-electron chi connectivity index (χ3n) is 1.79. The zero-order chi connectivity index (χ0) is 11.5. The van der Waals surface area contributed by atoms with Crippen LogP contribution in [-0.2, 0) is 0 Å². The predicted octanol–water partition coefficient (Wildman–Crippen LogP) is 3.63. The molecule has 1 N–H and O–H groups in total. The highest BCUT2D eigenvalue weighted by Gasteiger charge is 2.15. The summed E-state index contributed by atoms with van der Waals surface area (Å²) in [6, 6.07) is 9.36. The summed E-state index contributed by atoms with van der Waals surface area (Å²) in [6.45, 7) is 0. The van der Waals surface area contributed by atoms with Gasteiger partial charge < -0.3 is 9.84 Å². The minimum absolute atomic E-state index is 0.107. The standard InChI is InChI=1S/C10H6BrNO3S/c11-9-12-8(15-10(13)14)7(16-9)6-4-2-1-3-5-6/h1-5H,(H,13,14). The zero-order valence-corrected chi connectivity index (χ0v) is 10.3. The number of halogens is 1. The largest absolute Gasteiger partial charge is 0.512 e. The van der Waals surface area contributed by atoms with E-state index < -0.39 is 6.16 Å². The van der Waals surface area contributed by atoms with Gasteiger partial charge in [0.2, 0.25) is 5.88 Å². The monoisotopic (exact) mass is 299 g/mol. The van der Waals surface area contributed by atoms with Gasteiger partial charge in [-0.25, -0.2) is 4.79 Å². The minimum atomic E-state index is -1.37. The van der Waals surface area contributed by atoms with Gasteiger partial charge in [-0.2, -0.15) is 4.98 Å². The van der Waals surface area contributed by atoms with Crippen LogP contribution in [0, 0.1) is 0 Å². The molecule has 0 amide bonds. The van der Waals surface area contributed by atoms with Crippen LogP contribution in [0.2, 0.25) is 0 Å². The van der Waals surface area contributed by atoms with Crippen LogP contribution in [0.5, 0.6) is 5.88 Å². The fourth-order valence-corrected chi connectivity index (χ4v) is 2.58. The molecular weight excluding hydrogens is 294 g/mol. The molecule has 6 heteroatoms. The van der Waals surface area contributed by atoms with E-state index in [1.54, 1.807) is 0 Å². The summed E-state index contributed by atoms with van der Waals surface area (Å²) in [7, 11) is 0. The lowest BCUT2D eigenvalue weighted by Crippen LogP contribution is -2.03. The Labute approximate surface area is 104 Å². The molecule has 0 aliphatic rings. The van der Waals surface area contributed by atoms with E-state index >= 15 is 0 Å². The van der Waals surface area contributed by atoms with Crippen molar-refractivity contribution in [2.75, 3.05) is 0 Å². The maximum absolute atomic E-state index is 10.5. The van der Waals surface area contributed by atoms with E-state index in [4.69, 9.17) is 5.11 Å². The number of hydrogen-bond donors (Lipinski definition) is 1. The van der Waals surface area contributed by atoms with Gasteiger partial charge in [0.1, 0.15) is 0 Å². The molecule has 0 spiro atoms. The molecule has 0 radical (unpaired) electrons. The van der Waals surface area contributed by atoms with Gasteiger partial charge in [-0.3, -0.25) is 0 Å². The number of hydrogen-bond acceptors (Lipinski definition) is 4. The third-order valence-corrected chi connectivity index (χ3v) is 3.33. The molecule has 82 valence electrons. The quantitative estimate of drug-likeness (QED) is 0.860. The van der Waals surface area contributed by atoms with E-state index in [1.165, 1.54) is 11.3 Å². The van der Waals surface area contributed by atoms with Gasteiger partial charge in [-0.1, -0.05) is 30.3 Å². The number of ether oxygens (including phenoxy) is 1. The van der Waals surface area contributed by atoms with Crippen LogP contribution in [0.25, 0.3) is 10.4 Å². The molecule has 16 heavy (non-hydrogen) atoms. The molecule has 0 aliphatic carbocycles. The van der Waals surface area contributed by atoms with Crippen LogP contribution in [-0.4, -0.2) is 16.2 Å². The molecule has 1 aromatic carbocycles. The first-order valence-electron chi connectivity index (χ1n) is 4.29. The van der Waals surface area contributed by atoms with Crippen molar-refractivity contribution in [1.29, 1.82) is 0 Å². The summed E-state index contributed by atoms with van der Waals surface area (Å²) >= 11 is 4.53. The van der Waals surface area contributed by atoms with E-state index in [1.807, 2.05) is 30.3 Å². The lowest BCUT2D eigenvalue weighted by Gasteiger charge is -1.99. The molecule has 1 aromatic heterocycles. The Morgan fingerprint density at radius 1 is 1.38 bits per heavy atom. The predicted molar refractivity (Wildman–Crippen MR) is 63.9 cm³/mol. The molecule has 0 fully saturated rings. The van der Waals surface area contributed by atoms with Gasteiger partial charge in [0.05, 0.1) is 4.88 Å². The maximum atomic E-state index is 10.5. The van der Waals surface area contributed by atoms with Crippen molar-refractivity contribution in [2.24, 2.45) is 0 Å². The summed E-state index contributed by atoms with van der Waals surface area (Å²) in [4.78, 5) is 15.1. The highest BCUT2D eigenvalue weighted by atomic mass is 79.9. The number of carbonyl (C=O) groups is 1. The second-order valence-electron chi connectivity index (χ2n) is 2.84. The fraction of sp³-hybridized carbons (Fsp3) is 0. The van der Waals surface area contributed by atoms with Crippen molar-refractivity contribution in [3.63, 3.8) is 0 Å². The average molecular weight is 300 g/mol. The first kappa shape index (κ1) is 11.1. The summed E-state index contributed by atoms with van der Waals surface area (Å²) in [5.74, 6) is 0.107. The molecular formula is C10H6BrNO3S. The van der Waals surface area contributed by atoms with Crippen LogP contribution < -0.4 is 4.74 Å². The van der Waals surface area contributed by atoms with Crippen molar-refractivity contribution >= 4 is 33.4 Å². The Hall–Kier alpha value is -1.40. The van der Waals surface area contributed by atoms with Crippen molar-refractivity contribution in [3.05, 3.63) is 34.2 Å². The second kappa shape index (κ2) is 4.63. The van der Waals surface area contributed by atoms with Gasteiger partial charge in [0.25, 0.3) is 0 Å². The summed E-state index contributed by atoms with van der Waals surface area (Å²) in [5, 5.41) is 8.57. The molecule has 2 rings (SSSR count). The Kier molecular flexibility index (Phi) is 3.21. The van der Waals surface area contributed by atoms with E-state index in [9.17, 15) is 4.79 Å². The maximum Gasteiger partial charge on any atom is 0.512 e. The lowest BCUT2D eigenvalue weighted by atomic mass is 10.2. The molecule has 0 saturated heterocycles. The van der Waals surface area contributed by atoms with Gasteiger partial charge in [-0.15, -0.1) is 11.3 Å². The molecule has 2 aromatic rings. The molecule has 4 nitrogen and oxygen atoms in total. The Bertz CT molecular complexity index is 512. The van der Waals surface area contributed by atoms with Gasteiger partial charge >= 0.3 is 6.16 Å². The third kappa shape index (κ3) is 2.40. The summed E-state index contributed by atoms with van der Waals surface area (Å²) in [6.07, 6.45) is -1.37. The molecule has 0 bridgehead atoms. The molecule has 1 heterocycles. The topological polar surface area (TPSA) is 59.4 Å². The first-order valence-corrected chi connectivity index (χ1v) is 5.90. The van der Waals surface area contributed by atoms with E-state index in [0.29, 0.717) is 8.79 Å². The molecule has 0 saturated carbocycles. The highest BCUT2D eigenvalue weighted by molar-refractivity contribution is 9.11. The van der Waals surface area contributed by atoms with Crippen molar-refractivity contribution in [1.82, 2.24) is 4.98 Å². The lowest BCUT2D eigenvalue weighted by molar-refractivity contribution is 0.143. The normalized spacial score (nSPS) is 10.1. The number of nitrogens with zero attached hydrogens (tertiary/aromatic N) is 1. The second-order valence-corrected chi connectivity index (χ2v) is 5.11. The Balaban J connectivity index is 2.44. The fourth-order valence-electron chi connectivity index (χ4n) is 1.21. The molecule has 0 atom stereocenters.